The Morgan fingerprint density at radius 2 is 0.745 bits per heavy atom. The van der Waals surface area contributed by atoms with Gasteiger partial charge in [-0.1, -0.05) is 0 Å². The Labute approximate surface area is 272 Å². The maximum atomic E-state index is 13.8. The summed E-state index contributed by atoms with van der Waals surface area (Å²) in [6, 6.07) is 0. The number of halogens is 7. The van der Waals surface area contributed by atoms with E-state index in [1.807, 2.05) is 0 Å². The van der Waals surface area contributed by atoms with E-state index in [0.717, 1.165) is 71.2 Å². The fourth-order valence-corrected chi connectivity index (χ4v) is 11.7. The van der Waals surface area contributed by atoms with Gasteiger partial charge in [0.15, 0.2) is 0 Å². The molecule has 3 aliphatic rings. The van der Waals surface area contributed by atoms with Gasteiger partial charge in [-0.15, -0.1) is 21.0 Å². The molecule has 0 aliphatic carbocycles. The summed E-state index contributed by atoms with van der Waals surface area (Å²) in [5.41, 5.74) is 0. The molecule has 47 heavy (non-hydrogen) atoms. The van der Waals surface area contributed by atoms with Crippen molar-refractivity contribution in [3.05, 3.63) is 0 Å². The van der Waals surface area contributed by atoms with Crippen molar-refractivity contribution in [2.75, 3.05) is 32.7 Å². The standard InChI is InChI=1S/C12H25BrFN3O3P2.5FH2O3P/c13-12-6-5-11-17(12)22(20-21(14,18)19,15-7-1-2-8-15)16-9-3-4-10-16;5*1-5(2,3)4/h12,22H,1-11H2,(H,18,19);5*(H2,2,3,4). The van der Waals surface area contributed by atoms with Crippen molar-refractivity contribution < 1.29 is 111 Å². The van der Waals surface area contributed by atoms with Crippen molar-refractivity contribution in [1.82, 2.24) is 14.0 Å². The third kappa shape index (κ3) is 39.9. The first-order valence-electron chi connectivity index (χ1n) is 11.8. The second kappa shape index (κ2) is 22.4. The second-order valence-corrected chi connectivity index (χ2v) is 19.0. The van der Waals surface area contributed by atoms with Gasteiger partial charge in [0.2, 0.25) is 0 Å². The third-order valence-electron chi connectivity index (χ3n) is 4.82. The van der Waals surface area contributed by atoms with E-state index in [1.54, 1.807) is 0 Å². The van der Waals surface area contributed by atoms with Gasteiger partial charge in [-0.3, -0.25) is 48.9 Å². The van der Waals surface area contributed by atoms with E-state index in [4.69, 9.17) is 76.1 Å². The first kappa shape index (κ1) is 52.6. The quantitative estimate of drug-likeness (QED) is 0.0810. The normalized spacial score (nSPS) is 21.5. The number of rotatable bonds is 5. The Kier molecular flexibility index (Phi) is 25.0. The zero-order valence-corrected chi connectivity index (χ0v) is 31.3. The minimum atomic E-state index is -5.14. The first-order valence-corrected chi connectivity index (χ1v) is 23.5. The van der Waals surface area contributed by atoms with Crippen molar-refractivity contribution in [1.29, 1.82) is 0 Å². The number of hydrogen-bond acceptors (Lipinski definition) is 10. The van der Waals surface area contributed by atoms with Crippen LogP contribution in [0.5, 0.6) is 0 Å². The van der Waals surface area contributed by atoms with Crippen LogP contribution in [0, 0.1) is 0 Å². The molecule has 0 aromatic rings. The number of hydrogen-bond donors (Lipinski definition) is 11. The zero-order valence-electron chi connectivity index (χ0n) is 23.3. The summed E-state index contributed by atoms with van der Waals surface area (Å²) in [4.78, 5) is 79.2. The van der Waals surface area contributed by atoms with E-state index in [0.29, 0.717) is 0 Å². The predicted molar refractivity (Wildman–Crippen MR) is 156 cm³/mol. The van der Waals surface area contributed by atoms with Crippen molar-refractivity contribution in [3.63, 3.8) is 0 Å². The van der Waals surface area contributed by atoms with Crippen molar-refractivity contribution in [3.8, 4) is 0 Å². The Balaban J connectivity index is -0.000000632. The Hall–Kier alpha value is 1.27. The number of nitrogens with zero attached hydrogens (tertiary/aromatic N) is 3. The molecule has 0 spiro atoms. The van der Waals surface area contributed by atoms with E-state index < -0.39 is 55.4 Å². The summed E-state index contributed by atoms with van der Waals surface area (Å²) in [7, 11) is -33.9. The first-order chi connectivity index (χ1) is 20.4. The molecule has 21 nitrogen and oxygen atoms in total. The van der Waals surface area contributed by atoms with Gasteiger partial charge >= 0.3 is 179 Å². The largest absolute Gasteiger partial charge is 0.507 e. The Morgan fingerprint density at radius 3 is 0.915 bits per heavy atom. The maximum Gasteiger partial charge on any atom is 0.507 e. The molecule has 2 atom stereocenters. The average Bonchev–Trinajstić information content (AvgIpc) is 3.49. The topological polar surface area (TPSA) is 344 Å². The van der Waals surface area contributed by atoms with E-state index >= 15 is 0 Å². The van der Waals surface area contributed by atoms with Crippen LogP contribution in [0.1, 0.15) is 38.5 Å². The van der Waals surface area contributed by atoms with Gasteiger partial charge in [0.25, 0.3) is 0 Å². The van der Waals surface area contributed by atoms with Gasteiger partial charge in [-0.2, -0.15) is 0 Å². The smallest absolute Gasteiger partial charge is 0.299 e. The van der Waals surface area contributed by atoms with Gasteiger partial charge in [0.05, 0.1) is 0 Å². The summed E-state index contributed by atoms with van der Waals surface area (Å²) in [6.07, 6.45) is 6.10. The van der Waals surface area contributed by atoms with Crippen LogP contribution in [0.4, 0.5) is 25.2 Å². The molecule has 0 amide bonds. The van der Waals surface area contributed by atoms with E-state index in [9.17, 15) is 34.6 Å². The number of alkyl halides is 1. The molecule has 0 radical (unpaired) electrons. The second-order valence-electron chi connectivity index (χ2n) is 8.64. The molecule has 3 saturated heterocycles. The maximum absolute atomic E-state index is 13.8. The molecule has 35 heteroatoms. The molecular weight excluding hydrogens is 885 g/mol. The SMILES string of the molecule is O=P(O)(F)O[PH](N1CCCC1)(N1CCCC1)N1CCCC1Br.O=P(O)(O)F.O=P(O)(O)F.O=P(O)(O)F.O=P(O)(O)F.O=P(O)(O)F. The van der Waals surface area contributed by atoms with Crippen LogP contribution in [0.3, 0.4) is 0 Å². The molecule has 3 fully saturated rings. The van der Waals surface area contributed by atoms with E-state index in [-0.39, 0.29) is 4.95 Å². The van der Waals surface area contributed by atoms with Gasteiger partial charge in [0, 0.05) is 0 Å². The van der Waals surface area contributed by atoms with Crippen molar-refractivity contribution in [2.45, 2.75) is 43.5 Å². The van der Waals surface area contributed by atoms with Gasteiger partial charge in [-0.05, 0) is 0 Å². The minimum Gasteiger partial charge on any atom is -0.299 e. The fourth-order valence-electron chi connectivity index (χ4n) is 3.95. The predicted octanol–water partition coefficient (Wildman–Crippen LogP) is 3.73. The van der Waals surface area contributed by atoms with Crippen LogP contribution in [0.2, 0.25) is 0 Å². The van der Waals surface area contributed by atoms with Crippen molar-refractivity contribution in [2.24, 2.45) is 0 Å². The van der Waals surface area contributed by atoms with Crippen LogP contribution in [-0.2, 0) is 31.7 Å². The molecule has 290 valence electrons. The van der Waals surface area contributed by atoms with Gasteiger partial charge in [-0.25, -0.2) is 22.8 Å². The third-order valence-corrected chi connectivity index (χ3v) is 11.9. The Morgan fingerprint density at radius 1 is 0.511 bits per heavy atom. The molecule has 11 N–H and O–H groups in total. The average molecular weight is 920 g/mol. The van der Waals surface area contributed by atoms with E-state index in [2.05, 4.69) is 29.9 Å². The summed E-state index contributed by atoms with van der Waals surface area (Å²) < 4.78 is 132. The molecule has 3 heterocycles. The molecule has 0 saturated carbocycles. The van der Waals surface area contributed by atoms with Gasteiger partial charge < -0.3 is 0 Å². The van der Waals surface area contributed by atoms with Crippen molar-refractivity contribution >= 4 is 71.3 Å². The van der Waals surface area contributed by atoms with E-state index in [1.165, 1.54) is 0 Å². The molecular formula is C12H35BrF6N3O18P7. The molecule has 3 aliphatic heterocycles. The minimum absolute atomic E-state index is 0.0897. The monoisotopic (exact) mass is 919 g/mol. The Bertz CT molecular complexity index is 1010. The van der Waals surface area contributed by atoms with Crippen LogP contribution < -0.4 is 0 Å². The summed E-state index contributed by atoms with van der Waals surface area (Å²) in [6.45, 7) is 4.06. The fraction of sp³-hybridized carbons (Fsp3) is 1.00. The molecule has 0 aromatic carbocycles. The van der Waals surface area contributed by atoms with Crippen LogP contribution in [0.25, 0.3) is 0 Å². The van der Waals surface area contributed by atoms with Gasteiger partial charge in [0.1, 0.15) is 0 Å². The summed E-state index contributed by atoms with van der Waals surface area (Å²) in [5.74, 6) is 0. The molecule has 0 bridgehead atoms. The van der Waals surface area contributed by atoms with Crippen LogP contribution >= 0.6 is 71.3 Å². The zero-order chi connectivity index (χ0) is 38.3. The summed E-state index contributed by atoms with van der Waals surface area (Å²) in [5, 5.41) is 0. The van der Waals surface area contributed by atoms with Crippen LogP contribution in [-0.4, -0.2) is 106 Å². The summed E-state index contributed by atoms with van der Waals surface area (Å²) >= 11 is 3.68. The molecule has 2 unspecified atom stereocenters. The van der Waals surface area contributed by atoms with Crippen LogP contribution in [0.15, 0.2) is 0 Å². The molecule has 0 aromatic heterocycles. The molecule has 3 rings (SSSR count).